The average Bonchev–Trinajstić information content (AvgIpc) is 3.73. The van der Waals surface area contributed by atoms with Crippen LogP contribution in [0.5, 0.6) is 0 Å². The van der Waals surface area contributed by atoms with Crippen molar-refractivity contribution in [1.82, 2.24) is 39.0 Å². The van der Waals surface area contributed by atoms with Crippen LogP contribution in [0.3, 0.4) is 0 Å². The summed E-state index contributed by atoms with van der Waals surface area (Å²) in [5.41, 5.74) is 4.95. The Bertz CT molecular complexity index is 1860. The molecule has 0 aromatic carbocycles. The van der Waals surface area contributed by atoms with Crippen LogP contribution in [0.15, 0.2) is 23.8 Å². The van der Waals surface area contributed by atoms with Gasteiger partial charge in [-0.3, -0.25) is 32.5 Å². The van der Waals surface area contributed by atoms with Gasteiger partial charge in [-0.2, -0.15) is 4.98 Å². The van der Waals surface area contributed by atoms with Gasteiger partial charge in [-0.25, -0.2) is 24.5 Å². The van der Waals surface area contributed by atoms with Crippen LogP contribution in [-0.4, -0.2) is 114 Å². The van der Waals surface area contributed by atoms with Crippen molar-refractivity contribution in [2.24, 2.45) is 0 Å². The number of aliphatic hydroxyl groups excluding tert-OH is 3. The molecule has 0 aliphatic carbocycles. The lowest BCUT2D eigenvalue weighted by Gasteiger charge is -2.25. The van der Waals surface area contributed by atoms with Gasteiger partial charge in [-0.1, -0.05) is 11.6 Å². The first kappa shape index (κ1) is 32.0. The molecular weight excluding hydrogens is 672 g/mol. The monoisotopic (exact) mass is 695 g/mol. The molecule has 0 spiro atoms. The number of hydrogen-bond acceptors (Lipinski definition) is 17. The third-order valence-corrected chi connectivity index (χ3v) is 8.74. The predicted molar refractivity (Wildman–Crippen MR) is 147 cm³/mol. The van der Waals surface area contributed by atoms with Gasteiger partial charge in [0.1, 0.15) is 48.5 Å². The van der Waals surface area contributed by atoms with Gasteiger partial charge in [0.15, 0.2) is 34.4 Å². The quantitative estimate of drug-likeness (QED) is 0.0695. The van der Waals surface area contributed by atoms with Crippen LogP contribution in [0.1, 0.15) is 12.5 Å². The van der Waals surface area contributed by atoms with Crippen molar-refractivity contribution in [2.75, 3.05) is 18.9 Å². The maximum Gasteiger partial charge on any atom is 0.472 e. The number of ether oxygens (including phenoxy) is 2. The van der Waals surface area contributed by atoms with E-state index in [2.05, 4.69) is 29.9 Å². The van der Waals surface area contributed by atoms with Gasteiger partial charge in [0.25, 0.3) is 5.56 Å². The highest BCUT2D eigenvalue weighted by Crippen LogP contribution is 2.50. The van der Waals surface area contributed by atoms with E-state index in [-0.39, 0.29) is 33.4 Å². The zero-order valence-corrected chi connectivity index (χ0v) is 25.0. The minimum Gasteiger partial charge on any atom is -0.394 e. The number of anilines is 1. The highest BCUT2D eigenvalue weighted by atomic mass is 35.5. The second-order valence-corrected chi connectivity index (χ2v) is 12.3. The van der Waals surface area contributed by atoms with Gasteiger partial charge in [0, 0.05) is 0 Å². The maximum atomic E-state index is 13.1. The Morgan fingerprint density at radius 2 is 1.73 bits per heavy atom. The van der Waals surface area contributed by atoms with Crippen molar-refractivity contribution in [3.05, 3.63) is 34.5 Å². The summed E-state index contributed by atoms with van der Waals surface area (Å²) in [6.45, 7) is -1.58. The Kier molecular flexibility index (Phi) is 8.78. The SMILES string of the molecule is Nc1nc2c(ncn2[C@@H]2O[C@H](CO)[C@@H](O)[C@H]2OP(=O)(O)OCC2O[C@@H](n3cnc4c(Cl)ncnc43)[C@H](O)[C@@H]2O[PH](=O)O)c(=O)[nH]1. The van der Waals surface area contributed by atoms with E-state index in [9.17, 15) is 39.0 Å². The van der Waals surface area contributed by atoms with Gasteiger partial charge in [-0.05, 0) is 0 Å². The normalized spacial score (nSPS) is 30.7. The fourth-order valence-corrected chi connectivity index (χ4v) is 6.68. The lowest BCUT2D eigenvalue weighted by atomic mass is 10.1. The van der Waals surface area contributed by atoms with E-state index in [0.717, 1.165) is 17.2 Å². The fraction of sp³-hybridized carbons (Fsp3) is 0.500. The molecule has 6 rings (SSSR count). The first-order valence-corrected chi connectivity index (χ1v) is 15.9. The highest BCUT2D eigenvalue weighted by molar-refractivity contribution is 7.47. The smallest absolute Gasteiger partial charge is 0.394 e. The molecule has 4 aromatic rings. The van der Waals surface area contributed by atoms with E-state index in [4.69, 9.17) is 40.4 Å². The van der Waals surface area contributed by atoms with Crippen molar-refractivity contribution in [1.29, 1.82) is 0 Å². The number of fused-ring (bicyclic) bond motifs is 2. The summed E-state index contributed by atoms with van der Waals surface area (Å²) in [5, 5.41) is 31.4. The molecule has 8 N–H and O–H groups in total. The zero-order chi connectivity index (χ0) is 32.2. The molecule has 244 valence electrons. The number of H-pyrrole nitrogens is 1. The molecule has 2 fully saturated rings. The summed E-state index contributed by atoms with van der Waals surface area (Å²) in [6, 6.07) is 0. The number of rotatable bonds is 10. The van der Waals surface area contributed by atoms with E-state index >= 15 is 0 Å². The van der Waals surface area contributed by atoms with Crippen molar-refractivity contribution < 1.29 is 57.3 Å². The van der Waals surface area contributed by atoms with E-state index < -0.39 is 83.9 Å². The Hall–Kier alpha value is -2.95. The molecule has 25 heteroatoms. The molecule has 10 atom stereocenters. The average molecular weight is 696 g/mol. The maximum absolute atomic E-state index is 13.1. The number of aliphatic hydroxyl groups is 3. The standard InChI is InChI=1S/C20H24ClN9O13P2/c21-14-8-15(24-3-23-14)29(4-25-8)18-11(33)12(42-44(35)36)7(41-18)2-39-45(37,38)43-13-10(32)6(1-31)40-19(13)30-5-26-9-16(30)27-20(22)28-17(9)34/h3-7,10-13,18-19,31-33,44H,1-2H2,(H,35,36)(H,37,38)(H3,22,27,28,34)/t6-,7?,10-,11-,12-,13-,18-,19-/m1/s1. The Labute approximate surface area is 254 Å². The minimum atomic E-state index is -5.17. The van der Waals surface area contributed by atoms with E-state index in [1.165, 1.54) is 10.9 Å². The summed E-state index contributed by atoms with van der Waals surface area (Å²) < 4.78 is 53.8. The Morgan fingerprint density at radius 3 is 2.44 bits per heavy atom. The van der Waals surface area contributed by atoms with Crippen LogP contribution in [0.4, 0.5) is 5.95 Å². The van der Waals surface area contributed by atoms with E-state index in [1.54, 1.807) is 0 Å². The molecule has 2 saturated heterocycles. The van der Waals surface area contributed by atoms with Gasteiger partial charge in [-0.15, -0.1) is 0 Å². The van der Waals surface area contributed by atoms with E-state index in [1.807, 2.05) is 0 Å². The van der Waals surface area contributed by atoms with Crippen LogP contribution >= 0.6 is 27.7 Å². The summed E-state index contributed by atoms with van der Waals surface area (Å²) >= 11 is 6.04. The Balaban J connectivity index is 1.22. The van der Waals surface area contributed by atoms with Crippen molar-refractivity contribution in [2.45, 2.75) is 49.1 Å². The molecular formula is C20H24ClN9O13P2. The molecule has 45 heavy (non-hydrogen) atoms. The molecule has 0 amide bonds. The lowest BCUT2D eigenvalue weighted by molar-refractivity contribution is -0.0609. The van der Waals surface area contributed by atoms with Crippen molar-refractivity contribution in [3.63, 3.8) is 0 Å². The van der Waals surface area contributed by atoms with Crippen LogP contribution in [0, 0.1) is 0 Å². The number of phosphoric ester groups is 1. The number of imidazole rings is 2. The third-order valence-electron chi connectivity index (χ3n) is 7.01. The lowest BCUT2D eigenvalue weighted by Crippen LogP contribution is -2.36. The zero-order valence-electron chi connectivity index (χ0n) is 22.3. The summed E-state index contributed by atoms with van der Waals surface area (Å²) in [7, 11) is -8.84. The van der Waals surface area contributed by atoms with Crippen LogP contribution in [-0.2, 0) is 32.2 Å². The number of hydrogen-bond donors (Lipinski definition) is 7. The topological polar surface area (TPSA) is 315 Å². The van der Waals surface area contributed by atoms with Gasteiger partial charge in [0.2, 0.25) is 5.95 Å². The molecule has 0 bridgehead atoms. The third kappa shape index (κ3) is 6.01. The largest absolute Gasteiger partial charge is 0.472 e. The first-order valence-electron chi connectivity index (χ1n) is 12.8. The molecule has 2 aliphatic rings. The van der Waals surface area contributed by atoms with Crippen molar-refractivity contribution >= 4 is 56.0 Å². The van der Waals surface area contributed by atoms with E-state index in [0.29, 0.717) is 0 Å². The van der Waals surface area contributed by atoms with Crippen LogP contribution in [0.2, 0.25) is 5.15 Å². The summed E-state index contributed by atoms with van der Waals surface area (Å²) in [4.78, 5) is 54.4. The number of phosphoric acid groups is 1. The number of aromatic amines is 1. The first-order chi connectivity index (χ1) is 21.4. The molecule has 0 radical (unpaired) electrons. The molecule has 4 aromatic heterocycles. The van der Waals surface area contributed by atoms with Crippen LogP contribution < -0.4 is 11.3 Å². The fourth-order valence-electron chi connectivity index (χ4n) is 5.04. The highest BCUT2D eigenvalue weighted by Gasteiger charge is 2.51. The number of nitrogen functional groups attached to an aromatic ring is 1. The van der Waals surface area contributed by atoms with Gasteiger partial charge >= 0.3 is 16.1 Å². The van der Waals surface area contributed by atoms with Crippen molar-refractivity contribution in [3.8, 4) is 0 Å². The van der Waals surface area contributed by atoms with Gasteiger partial charge in [0.05, 0.1) is 25.9 Å². The molecule has 2 aliphatic heterocycles. The molecule has 22 nitrogen and oxygen atoms in total. The summed E-state index contributed by atoms with van der Waals surface area (Å²) in [5.74, 6) is -0.279. The molecule has 6 heterocycles. The number of halogens is 1. The second kappa shape index (κ2) is 12.3. The number of nitrogens with zero attached hydrogens (tertiary/aromatic N) is 7. The molecule has 0 saturated carbocycles. The predicted octanol–water partition coefficient (Wildman–Crippen LogP) is -2.03. The number of nitrogens with one attached hydrogen (secondary N) is 1. The Morgan fingerprint density at radius 1 is 1.04 bits per heavy atom. The minimum absolute atomic E-state index is 0.00672. The number of nitrogens with two attached hydrogens (primary N) is 1. The van der Waals surface area contributed by atoms with Crippen LogP contribution in [0.25, 0.3) is 22.3 Å². The number of aromatic nitrogens is 8. The molecule has 3 unspecified atom stereocenters. The van der Waals surface area contributed by atoms with Gasteiger partial charge < -0.3 is 44.8 Å². The second-order valence-electron chi connectivity index (χ2n) is 9.74. The summed E-state index contributed by atoms with van der Waals surface area (Å²) in [6.07, 6.45) is -8.70.